The maximum absolute atomic E-state index is 12.4. The first-order valence-corrected chi connectivity index (χ1v) is 9.81. The van der Waals surface area contributed by atoms with E-state index in [9.17, 15) is 9.59 Å². The second-order valence-electron chi connectivity index (χ2n) is 6.33. The van der Waals surface area contributed by atoms with Crippen molar-refractivity contribution in [1.29, 1.82) is 0 Å². The Kier molecular flexibility index (Phi) is 4.18. The molecule has 0 saturated heterocycles. The van der Waals surface area contributed by atoms with Crippen molar-refractivity contribution in [2.24, 2.45) is 0 Å². The van der Waals surface area contributed by atoms with Crippen molar-refractivity contribution in [1.82, 2.24) is 19.4 Å². The van der Waals surface area contributed by atoms with E-state index in [4.69, 9.17) is 16.0 Å². The average Bonchev–Trinajstić information content (AvgIpc) is 3.37. The summed E-state index contributed by atoms with van der Waals surface area (Å²) in [6.45, 7) is 0. The van der Waals surface area contributed by atoms with Gasteiger partial charge in [0.15, 0.2) is 10.7 Å². The minimum Gasteiger partial charge on any atom is -0.408 e. The number of carbonyl (C=O) groups excluding carboxylic acids is 1. The van der Waals surface area contributed by atoms with Crippen molar-refractivity contribution in [3.63, 3.8) is 0 Å². The quantitative estimate of drug-likeness (QED) is 0.456. The summed E-state index contributed by atoms with van der Waals surface area (Å²) in [6, 6.07) is 8.86. The molecule has 1 amide bonds. The molecule has 0 fully saturated rings. The molecule has 0 atom stereocenters. The lowest BCUT2D eigenvalue weighted by Crippen LogP contribution is -2.14. The predicted octanol–water partition coefficient (Wildman–Crippen LogP) is 3.73. The summed E-state index contributed by atoms with van der Waals surface area (Å²) in [7, 11) is 0. The molecule has 0 radical (unpaired) electrons. The van der Waals surface area contributed by atoms with Gasteiger partial charge >= 0.3 is 5.76 Å². The van der Waals surface area contributed by atoms with Crippen LogP contribution in [0.3, 0.4) is 0 Å². The maximum atomic E-state index is 12.4. The van der Waals surface area contributed by atoms with Crippen LogP contribution >= 0.6 is 22.9 Å². The number of H-pyrrole nitrogens is 1. The molecular formula is C19H12ClN5O3S. The van der Waals surface area contributed by atoms with Gasteiger partial charge in [-0.25, -0.2) is 14.8 Å². The highest BCUT2D eigenvalue weighted by Gasteiger charge is 2.12. The Morgan fingerprint density at radius 3 is 3.03 bits per heavy atom. The molecule has 0 aliphatic carbocycles. The lowest BCUT2D eigenvalue weighted by molar-refractivity contribution is -0.115. The van der Waals surface area contributed by atoms with E-state index in [1.165, 1.54) is 11.3 Å². The van der Waals surface area contributed by atoms with Gasteiger partial charge in [0, 0.05) is 23.3 Å². The minimum atomic E-state index is -0.502. The highest BCUT2D eigenvalue weighted by molar-refractivity contribution is 7.14. The molecule has 2 N–H and O–H groups in total. The van der Waals surface area contributed by atoms with Crippen molar-refractivity contribution in [3.05, 3.63) is 69.4 Å². The SMILES string of the molecule is O=C(Cc1cn2cc(Cl)ccc2n1)Nc1nc(-c2ccc3[nH]c(=O)oc3c2)cs1. The third-order valence-corrected chi connectivity index (χ3v) is 5.26. The van der Waals surface area contributed by atoms with Gasteiger partial charge in [-0.3, -0.25) is 9.78 Å². The number of fused-ring (bicyclic) bond motifs is 2. The number of halogens is 1. The van der Waals surface area contributed by atoms with E-state index in [-0.39, 0.29) is 12.3 Å². The normalized spacial score (nSPS) is 11.3. The smallest absolute Gasteiger partial charge is 0.408 e. The molecule has 5 rings (SSSR count). The number of hydrogen-bond donors (Lipinski definition) is 2. The number of thiazole rings is 1. The molecular weight excluding hydrogens is 414 g/mol. The van der Waals surface area contributed by atoms with Crippen molar-refractivity contribution in [3.8, 4) is 11.3 Å². The van der Waals surface area contributed by atoms with Crippen LogP contribution in [0.15, 0.2) is 57.3 Å². The van der Waals surface area contributed by atoms with Gasteiger partial charge in [0.1, 0.15) is 5.65 Å². The highest BCUT2D eigenvalue weighted by atomic mass is 35.5. The largest absolute Gasteiger partial charge is 0.417 e. The first kappa shape index (κ1) is 17.7. The summed E-state index contributed by atoms with van der Waals surface area (Å²) in [5, 5.41) is 5.69. The van der Waals surface area contributed by atoms with Crippen molar-refractivity contribution >= 4 is 50.7 Å². The van der Waals surface area contributed by atoms with Gasteiger partial charge in [-0.2, -0.15) is 0 Å². The Labute approximate surface area is 171 Å². The molecule has 144 valence electrons. The predicted molar refractivity (Wildman–Crippen MR) is 110 cm³/mol. The standard InChI is InChI=1S/C19H12ClN5O3S/c20-11-2-4-16-21-12(8-25(16)7-11)6-17(26)24-18-22-14(9-29-18)10-1-3-13-15(5-10)28-19(27)23-13/h1-5,7-9H,6H2,(H,23,27)(H,22,24,26). The third-order valence-electron chi connectivity index (χ3n) is 4.27. The minimum absolute atomic E-state index is 0.120. The number of aromatic amines is 1. The van der Waals surface area contributed by atoms with Gasteiger partial charge in [-0.05, 0) is 24.3 Å². The fourth-order valence-electron chi connectivity index (χ4n) is 3.00. The van der Waals surface area contributed by atoms with Gasteiger partial charge in [0.25, 0.3) is 0 Å². The first-order chi connectivity index (χ1) is 14.0. The van der Waals surface area contributed by atoms with Gasteiger partial charge in [-0.15, -0.1) is 11.3 Å². The van der Waals surface area contributed by atoms with Crippen LogP contribution in [0.4, 0.5) is 5.13 Å². The number of oxazole rings is 1. The Morgan fingerprint density at radius 1 is 1.24 bits per heavy atom. The number of carbonyl (C=O) groups is 1. The number of nitrogens with one attached hydrogen (secondary N) is 2. The molecule has 4 heterocycles. The number of anilines is 1. The van der Waals surface area contributed by atoms with E-state index >= 15 is 0 Å². The van der Waals surface area contributed by atoms with Crippen LogP contribution in [0.2, 0.25) is 5.02 Å². The average molecular weight is 426 g/mol. The number of nitrogens with zero attached hydrogens (tertiary/aromatic N) is 3. The fraction of sp³-hybridized carbons (Fsp3) is 0.0526. The van der Waals surface area contributed by atoms with Gasteiger partial charge in [-0.1, -0.05) is 17.7 Å². The Hall–Kier alpha value is -3.43. The van der Waals surface area contributed by atoms with Gasteiger partial charge in [0.05, 0.1) is 28.3 Å². The maximum Gasteiger partial charge on any atom is 0.417 e. The fourth-order valence-corrected chi connectivity index (χ4v) is 3.90. The molecule has 1 aromatic carbocycles. The second kappa shape index (κ2) is 6.87. The van der Waals surface area contributed by atoms with E-state index in [0.29, 0.717) is 32.6 Å². The van der Waals surface area contributed by atoms with Crippen molar-refractivity contribution < 1.29 is 9.21 Å². The van der Waals surface area contributed by atoms with Crippen molar-refractivity contribution in [2.75, 3.05) is 5.32 Å². The molecule has 4 aromatic heterocycles. The van der Waals surface area contributed by atoms with E-state index in [1.54, 1.807) is 41.1 Å². The summed E-state index contributed by atoms with van der Waals surface area (Å²) in [6.07, 6.45) is 3.63. The molecule has 0 saturated carbocycles. The van der Waals surface area contributed by atoms with Crippen LogP contribution < -0.4 is 11.1 Å². The highest BCUT2D eigenvalue weighted by Crippen LogP contribution is 2.27. The van der Waals surface area contributed by atoms with Gasteiger partial charge in [0.2, 0.25) is 5.91 Å². The van der Waals surface area contributed by atoms with Gasteiger partial charge < -0.3 is 14.1 Å². The molecule has 5 aromatic rings. The van der Waals surface area contributed by atoms with Crippen LogP contribution in [-0.2, 0) is 11.2 Å². The summed E-state index contributed by atoms with van der Waals surface area (Å²) in [5.74, 6) is -0.718. The van der Waals surface area contributed by atoms with Crippen LogP contribution in [-0.4, -0.2) is 25.3 Å². The Balaban J connectivity index is 1.31. The van der Waals surface area contributed by atoms with Crippen LogP contribution in [0, 0.1) is 0 Å². The number of rotatable bonds is 4. The zero-order chi connectivity index (χ0) is 20.0. The third kappa shape index (κ3) is 3.53. The Morgan fingerprint density at radius 2 is 2.14 bits per heavy atom. The molecule has 0 aliphatic rings. The number of pyridine rings is 1. The zero-order valence-electron chi connectivity index (χ0n) is 14.7. The molecule has 29 heavy (non-hydrogen) atoms. The van der Waals surface area contributed by atoms with E-state index in [2.05, 4.69) is 20.3 Å². The van der Waals surface area contributed by atoms with E-state index in [1.807, 2.05) is 11.4 Å². The number of hydrogen-bond acceptors (Lipinski definition) is 6. The lowest BCUT2D eigenvalue weighted by atomic mass is 10.1. The number of aromatic nitrogens is 4. The summed E-state index contributed by atoms with van der Waals surface area (Å²) in [4.78, 5) is 35.1. The van der Waals surface area contributed by atoms with Crippen LogP contribution in [0.1, 0.15) is 5.69 Å². The van der Waals surface area contributed by atoms with Crippen molar-refractivity contribution in [2.45, 2.75) is 6.42 Å². The van der Waals surface area contributed by atoms with E-state index < -0.39 is 5.76 Å². The number of imidazole rings is 1. The summed E-state index contributed by atoms with van der Waals surface area (Å²) >= 11 is 7.28. The monoisotopic (exact) mass is 425 g/mol. The topological polar surface area (TPSA) is 105 Å². The van der Waals surface area contributed by atoms with Crippen LogP contribution in [0.5, 0.6) is 0 Å². The summed E-state index contributed by atoms with van der Waals surface area (Å²) < 4.78 is 6.86. The van der Waals surface area contributed by atoms with Crippen LogP contribution in [0.25, 0.3) is 28.0 Å². The first-order valence-electron chi connectivity index (χ1n) is 8.55. The summed E-state index contributed by atoms with van der Waals surface area (Å²) in [5.41, 5.74) is 3.90. The molecule has 0 bridgehead atoms. The second-order valence-corrected chi connectivity index (χ2v) is 7.63. The molecule has 0 spiro atoms. The number of amides is 1. The molecule has 0 unspecified atom stereocenters. The lowest BCUT2D eigenvalue weighted by Gasteiger charge is -1.99. The molecule has 8 nitrogen and oxygen atoms in total. The van der Waals surface area contributed by atoms with E-state index in [0.717, 1.165) is 11.2 Å². The zero-order valence-corrected chi connectivity index (χ0v) is 16.3. The molecule has 10 heteroatoms. The Bertz CT molecular complexity index is 1430. The number of benzene rings is 1. The molecule has 0 aliphatic heterocycles.